The Morgan fingerprint density at radius 2 is 0.566 bits per heavy atom. The molecule has 0 amide bonds. The van der Waals surface area contributed by atoms with Crippen molar-refractivity contribution in [2.75, 3.05) is 0 Å². The van der Waals surface area contributed by atoms with E-state index in [2.05, 4.69) is 104 Å². The van der Waals surface area contributed by atoms with Crippen LogP contribution >= 0.6 is 24.4 Å². The molecule has 6 aromatic rings. The number of nitrogens with zero attached hydrogens (tertiary/aromatic N) is 4. The summed E-state index contributed by atoms with van der Waals surface area (Å²) < 4.78 is 8.84. The van der Waals surface area contributed by atoms with Gasteiger partial charge in [0, 0.05) is 39.2 Å². The van der Waals surface area contributed by atoms with Gasteiger partial charge in [-0.25, -0.2) is 0 Å². The molecule has 4 nitrogen and oxygen atoms in total. The van der Waals surface area contributed by atoms with Crippen LogP contribution in [0.1, 0.15) is 101 Å². The van der Waals surface area contributed by atoms with Gasteiger partial charge >= 0.3 is 0 Å². The second-order valence-electron chi connectivity index (χ2n) is 14.1. The van der Waals surface area contributed by atoms with Gasteiger partial charge in [0.15, 0.2) is 9.54 Å². The van der Waals surface area contributed by atoms with Gasteiger partial charge in [0.25, 0.3) is 0 Å². The van der Waals surface area contributed by atoms with E-state index in [-0.39, 0.29) is 16.5 Å². The maximum Gasteiger partial charge on any atom is 0.186 e. The Balaban J connectivity index is 0.000000232. The number of hydrogen-bond donors (Lipinski definition) is 0. The summed E-state index contributed by atoms with van der Waals surface area (Å²) in [4.78, 5) is 0. The third-order valence-electron chi connectivity index (χ3n) is 9.12. The standard InChI is InChI=1S/2C21H24N2S3.Ni/c2*1-13(2)15-7-5-9-17(11-15)22-19(24)20(25)23(21(22)26)18-10-6-8-16(12-18)14(3)4;/h2*5-14,24-25H,1-4H3;/p-4. The molecule has 0 fully saturated rings. The molecule has 0 aliphatic rings. The van der Waals surface area contributed by atoms with Crippen molar-refractivity contribution < 1.29 is 16.5 Å². The summed E-state index contributed by atoms with van der Waals surface area (Å²) in [5.41, 5.74) is 8.87. The first-order valence-electron chi connectivity index (χ1n) is 17.5. The largest absolute Gasteiger partial charge is 0.762 e. The molecule has 2 heterocycles. The van der Waals surface area contributed by atoms with E-state index in [9.17, 15) is 0 Å². The topological polar surface area (TPSA) is 19.7 Å². The fraction of sp³-hybridized carbons (Fsp3) is 0.286. The zero-order valence-corrected chi connectivity index (χ0v) is 37.0. The van der Waals surface area contributed by atoms with Crippen LogP contribution in [0.15, 0.2) is 117 Å². The zero-order valence-electron chi connectivity index (χ0n) is 31.1. The second-order valence-corrected chi connectivity index (χ2v) is 16.4. The van der Waals surface area contributed by atoms with Crippen LogP contribution in [-0.4, -0.2) is 18.3 Å². The summed E-state index contributed by atoms with van der Waals surface area (Å²) in [6, 6.07) is 33.3. The number of hydrogen-bond acceptors (Lipinski definition) is 6. The zero-order chi connectivity index (χ0) is 38.0. The minimum atomic E-state index is 0. The molecule has 0 aliphatic carbocycles. The van der Waals surface area contributed by atoms with Crippen LogP contribution < -0.4 is 0 Å². The third-order valence-corrected chi connectivity index (χ3v) is 11.6. The third kappa shape index (κ3) is 9.16. The predicted octanol–water partition coefficient (Wildman–Crippen LogP) is 12.1. The minimum Gasteiger partial charge on any atom is -0.762 e. The molecule has 0 bridgehead atoms. The molecule has 0 atom stereocenters. The molecule has 2 aromatic heterocycles. The van der Waals surface area contributed by atoms with Crippen molar-refractivity contribution in [2.45, 2.75) is 99.2 Å². The van der Waals surface area contributed by atoms with Crippen molar-refractivity contribution in [2.24, 2.45) is 0 Å². The molecular weight excluding hydrogens is 812 g/mol. The van der Waals surface area contributed by atoms with E-state index in [0.29, 0.717) is 53.3 Å². The Labute approximate surface area is 357 Å². The van der Waals surface area contributed by atoms with E-state index in [1.807, 2.05) is 66.8 Å². The molecule has 0 saturated heterocycles. The van der Waals surface area contributed by atoms with Gasteiger partial charge in [-0.15, -0.1) is 20.1 Å². The van der Waals surface area contributed by atoms with Gasteiger partial charge in [-0.2, -0.15) is 0 Å². The van der Waals surface area contributed by atoms with Crippen LogP contribution in [0.2, 0.25) is 0 Å². The molecule has 282 valence electrons. The average Bonchev–Trinajstić information content (AvgIpc) is 3.49. The van der Waals surface area contributed by atoms with E-state index >= 15 is 0 Å². The summed E-state index contributed by atoms with van der Waals surface area (Å²) in [6.07, 6.45) is 0. The Morgan fingerprint density at radius 3 is 0.736 bits per heavy atom. The molecule has 0 N–H and O–H groups in total. The van der Waals surface area contributed by atoms with E-state index < -0.39 is 0 Å². The van der Waals surface area contributed by atoms with Crippen LogP contribution in [0.3, 0.4) is 0 Å². The van der Waals surface area contributed by atoms with Crippen LogP contribution in [0.25, 0.3) is 22.7 Å². The fourth-order valence-corrected chi connectivity index (χ4v) is 8.08. The minimum absolute atomic E-state index is 0. The van der Waals surface area contributed by atoms with Crippen molar-refractivity contribution in [3.8, 4) is 22.7 Å². The molecule has 4 aromatic carbocycles. The van der Waals surface area contributed by atoms with Crippen LogP contribution in [0.5, 0.6) is 0 Å². The Hall–Kier alpha value is -2.89. The predicted molar refractivity (Wildman–Crippen MR) is 231 cm³/mol. The summed E-state index contributed by atoms with van der Waals surface area (Å²) in [5, 5.41) is 2.34. The van der Waals surface area contributed by atoms with Gasteiger partial charge in [-0.1, -0.05) is 104 Å². The Bertz CT molecular complexity index is 2010. The van der Waals surface area contributed by atoms with Gasteiger partial charge in [-0.3, -0.25) is 0 Å². The summed E-state index contributed by atoms with van der Waals surface area (Å²) in [5.74, 6) is 1.74. The quantitative estimate of drug-likeness (QED) is 0.0857. The summed E-state index contributed by atoms with van der Waals surface area (Å²) >= 11 is 34.1. The number of benzene rings is 4. The molecule has 0 unspecified atom stereocenters. The smallest absolute Gasteiger partial charge is 0.186 e. The summed E-state index contributed by atoms with van der Waals surface area (Å²) in [6.45, 7) is 17.4. The molecule has 0 radical (unpaired) electrons. The molecule has 0 aliphatic heterocycles. The van der Waals surface area contributed by atoms with Gasteiger partial charge in [0.1, 0.15) is 0 Å². The maximum atomic E-state index is 5.77. The SMILES string of the molecule is CC(C)c1cccc(-n2c([S-])c([S-])n(-c3cccc(C(C)C)c3)c2=S)c1.CC(C)c1cccc(-n2c([S-])c([S-])n(-c3cccc(C(C)C)c3)c2=S)c1.[Ni]. The van der Waals surface area contributed by atoms with Crippen molar-refractivity contribution in [3.63, 3.8) is 0 Å². The number of imidazole rings is 2. The van der Waals surface area contributed by atoms with E-state index in [1.54, 1.807) is 0 Å². The van der Waals surface area contributed by atoms with Gasteiger partial charge < -0.3 is 68.8 Å². The van der Waals surface area contributed by atoms with Gasteiger partial charge in [-0.05, 0) is 119 Å². The molecule has 6 rings (SSSR count). The van der Waals surface area contributed by atoms with Crippen molar-refractivity contribution in [1.29, 1.82) is 0 Å². The van der Waals surface area contributed by atoms with E-state index in [4.69, 9.17) is 75.0 Å². The van der Waals surface area contributed by atoms with Crippen molar-refractivity contribution >= 4 is 75.0 Å². The van der Waals surface area contributed by atoms with Crippen LogP contribution in [-0.2, 0) is 67.0 Å². The molecule has 53 heavy (non-hydrogen) atoms. The molecule has 0 spiro atoms. The van der Waals surface area contributed by atoms with Crippen molar-refractivity contribution in [3.05, 3.63) is 129 Å². The first kappa shape index (κ1) is 42.8. The average molecular weight is 856 g/mol. The fourth-order valence-electron chi connectivity index (χ4n) is 5.93. The Morgan fingerprint density at radius 1 is 0.377 bits per heavy atom. The number of aromatic nitrogens is 4. The molecule has 11 heteroatoms. The first-order valence-corrected chi connectivity index (χ1v) is 19.9. The molecular formula is C42H44N4NiS6-4. The molecule has 0 saturated carbocycles. The first-order chi connectivity index (χ1) is 24.6. The van der Waals surface area contributed by atoms with Crippen LogP contribution in [0.4, 0.5) is 0 Å². The Kier molecular flexibility index (Phi) is 14.7. The van der Waals surface area contributed by atoms with E-state index in [1.165, 1.54) is 22.3 Å². The summed E-state index contributed by atoms with van der Waals surface area (Å²) in [7, 11) is 0. The van der Waals surface area contributed by atoms with Crippen LogP contribution in [0, 0.1) is 9.54 Å². The maximum absolute atomic E-state index is 5.77. The number of rotatable bonds is 8. The van der Waals surface area contributed by atoms with Crippen molar-refractivity contribution in [1.82, 2.24) is 18.3 Å². The monoisotopic (exact) mass is 854 g/mol. The van der Waals surface area contributed by atoms with E-state index in [0.717, 1.165) is 22.7 Å². The van der Waals surface area contributed by atoms with Gasteiger partial charge in [0.05, 0.1) is 0 Å². The second kappa shape index (κ2) is 18.2. The van der Waals surface area contributed by atoms with Gasteiger partial charge in [0.2, 0.25) is 0 Å². The normalized spacial score (nSPS) is 11.2.